The molecule has 6 fully saturated rings. The van der Waals surface area contributed by atoms with Gasteiger partial charge in [-0.3, -0.25) is 14.4 Å². The minimum atomic E-state index is -0.290. The van der Waals surface area contributed by atoms with Crippen LogP contribution in [0.2, 0.25) is 0 Å². The van der Waals surface area contributed by atoms with Crippen molar-refractivity contribution in [2.24, 2.45) is 0 Å². The van der Waals surface area contributed by atoms with Crippen LogP contribution in [0.1, 0.15) is 137 Å². The number of nitrogens with one attached hydrogen (secondary N) is 3. The zero-order chi connectivity index (χ0) is 84.3. The number of piperidine rings is 2. The molecule has 6 heterocycles. The maximum absolute atomic E-state index is 13.8. The number of para-hydroxylation sites is 6. The van der Waals surface area contributed by atoms with Gasteiger partial charge in [-0.1, -0.05) is 97.1 Å². The lowest BCUT2D eigenvalue weighted by molar-refractivity contribution is 0.0690. The molecule has 0 saturated carbocycles. The molecule has 616 valence electrons. The summed E-state index contributed by atoms with van der Waals surface area (Å²) in [6.07, 6.45) is 7.05. The van der Waals surface area contributed by atoms with E-state index in [0.29, 0.717) is 97.3 Å². The maximum atomic E-state index is 13.8. The topological polar surface area (TPSA) is 276 Å². The van der Waals surface area contributed by atoms with Crippen LogP contribution < -0.4 is 45.3 Å². The van der Waals surface area contributed by atoms with Crippen LogP contribution in [0.5, 0.6) is 0 Å². The van der Waals surface area contributed by atoms with Crippen molar-refractivity contribution in [3.8, 4) is 30.3 Å². The number of benzene rings is 9. The first-order valence-electron chi connectivity index (χ1n) is 42.2. The smallest absolute Gasteiger partial charge is 0.254 e. The average Bonchev–Trinajstić information content (AvgIpc) is 0.906. The molecule has 3 amide bonds. The van der Waals surface area contributed by atoms with Crippen molar-refractivity contribution in [1.29, 1.82) is 26.3 Å². The van der Waals surface area contributed by atoms with E-state index in [9.17, 15) is 50.9 Å². The second-order valence-electron chi connectivity index (χ2n) is 32.3. The van der Waals surface area contributed by atoms with Crippen LogP contribution >= 0.6 is 0 Å². The van der Waals surface area contributed by atoms with Crippen molar-refractivity contribution in [3.05, 3.63) is 266 Å². The van der Waals surface area contributed by atoms with E-state index in [1.165, 1.54) is 11.3 Å². The Hall–Kier alpha value is -13.0. The number of carbonyl (C=O) groups excluding carboxylic acids is 3. The second kappa shape index (κ2) is 39.9. The van der Waals surface area contributed by atoms with E-state index >= 15 is 0 Å². The highest BCUT2D eigenvalue weighted by molar-refractivity contribution is 5.99. The van der Waals surface area contributed by atoms with Crippen molar-refractivity contribution in [2.45, 2.75) is 117 Å². The number of nitriles is 5. The fraction of sp³-hybridized carbons (Fsp3) is 0.367. The summed E-state index contributed by atoms with van der Waals surface area (Å²) in [7, 11) is 0. The predicted octanol–water partition coefficient (Wildman–Crippen LogP) is 14.5. The molecule has 5 N–H and O–H groups in total. The highest BCUT2D eigenvalue weighted by atomic mass is 16.3. The lowest BCUT2D eigenvalue weighted by Crippen LogP contribution is -2.56. The molecule has 0 spiro atoms. The largest absolute Gasteiger partial charge is 0.394 e. The molecule has 6 aliphatic heterocycles. The molecule has 120 heavy (non-hydrogen) atoms. The summed E-state index contributed by atoms with van der Waals surface area (Å²) >= 11 is 0. The molecule has 0 bridgehead atoms. The summed E-state index contributed by atoms with van der Waals surface area (Å²) < 4.78 is 0. The molecule has 1 unspecified atom stereocenters. The minimum Gasteiger partial charge on any atom is -0.394 e. The lowest BCUT2D eigenvalue weighted by Gasteiger charge is -2.42. The Kier molecular flexibility index (Phi) is 28.2. The second-order valence-corrected chi connectivity index (χ2v) is 32.3. The van der Waals surface area contributed by atoms with E-state index in [0.717, 1.165) is 176 Å². The van der Waals surface area contributed by atoms with E-state index in [1.807, 2.05) is 167 Å². The number of hydrogen-bond donors (Lipinski definition) is 5. The number of nitrogens with zero attached hydrogens (tertiary/aromatic N) is 14. The van der Waals surface area contributed by atoms with Gasteiger partial charge in [-0.05, 0) is 211 Å². The van der Waals surface area contributed by atoms with Crippen LogP contribution in [0, 0.1) is 98.2 Å². The van der Waals surface area contributed by atoms with Crippen molar-refractivity contribution in [1.82, 2.24) is 14.7 Å². The third-order valence-corrected chi connectivity index (χ3v) is 24.6. The molecule has 0 radical (unpaired) electrons. The highest BCUT2D eigenvalue weighted by Crippen LogP contribution is 2.35. The maximum Gasteiger partial charge on any atom is 0.254 e. The number of aryl methyl sites for hydroxylation is 6. The van der Waals surface area contributed by atoms with Gasteiger partial charge in [0.1, 0.15) is 30.3 Å². The molecule has 22 heteroatoms. The summed E-state index contributed by atoms with van der Waals surface area (Å²) in [6.45, 7) is 23.1. The van der Waals surface area contributed by atoms with Gasteiger partial charge in [0.25, 0.3) is 17.7 Å². The molecule has 15 rings (SSSR count). The molecule has 0 aliphatic carbocycles. The summed E-state index contributed by atoms with van der Waals surface area (Å²) in [4.78, 5) is 60.1. The molecule has 6 aliphatic rings. The van der Waals surface area contributed by atoms with Crippen molar-refractivity contribution >= 4 is 68.9 Å². The average molecular weight is 1610 g/mol. The number of amides is 3. The van der Waals surface area contributed by atoms with E-state index in [4.69, 9.17) is 0 Å². The first-order valence-corrected chi connectivity index (χ1v) is 42.2. The predicted molar refractivity (Wildman–Crippen MR) is 478 cm³/mol. The van der Waals surface area contributed by atoms with E-state index < -0.39 is 0 Å². The van der Waals surface area contributed by atoms with Crippen LogP contribution in [0.3, 0.4) is 0 Å². The Bertz CT molecular complexity index is 5120. The standard InChI is InChI=1S/2C33H36N6O2.C32H37N5O/c2*1-23-17-24(2)30(36-27-11-13-37(14-12-27)31-9-5-3-7-25(31)19-34)18-29(23)33(41)38-15-16-39(28(21-38)22-40)32-10-6-4-8-26(32)20-35;1-24-21-25(2)30(34-27-10-8-15-35(16-14-27)28-11-4-3-5-12-28)22-29(24)32(38)37-19-17-36(18-20-37)31-13-7-6-9-26(31)23-33/h2*3-10,17-18,27-28,36,40H,11-16,21-22H2,1-2H3;3-7,9,11-13,21-22,27,34H,8,10,14-20H2,1-2H3/t2*28-;/m10./s1. The van der Waals surface area contributed by atoms with Gasteiger partial charge in [-0.2, -0.15) is 26.3 Å². The summed E-state index contributed by atoms with van der Waals surface area (Å²) in [6, 6.07) is 72.7. The molecular weight excluding hydrogens is 1500 g/mol. The molecule has 6 saturated heterocycles. The number of aliphatic hydroxyl groups is 2. The molecular formula is C98H109N17O5. The third-order valence-electron chi connectivity index (χ3n) is 24.6. The van der Waals surface area contributed by atoms with Gasteiger partial charge in [-0.25, -0.2) is 0 Å². The first kappa shape index (κ1) is 84.9. The van der Waals surface area contributed by atoms with Crippen molar-refractivity contribution in [2.75, 3.05) is 163 Å². The zero-order valence-electron chi connectivity index (χ0n) is 69.8. The third kappa shape index (κ3) is 19.9. The first-order chi connectivity index (χ1) is 58.4. The molecule has 9 aromatic carbocycles. The minimum absolute atomic E-state index is 0.0415. The molecule has 0 aromatic heterocycles. The van der Waals surface area contributed by atoms with Crippen molar-refractivity contribution < 1.29 is 24.6 Å². The van der Waals surface area contributed by atoms with E-state index in [-0.39, 0.29) is 55.1 Å². The van der Waals surface area contributed by atoms with Gasteiger partial charge in [0.2, 0.25) is 0 Å². The van der Waals surface area contributed by atoms with E-state index in [1.54, 1.807) is 12.1 Å². The Morgan fingerprint density at radius 2 is 0.617 bits per heavy atom. The number of piperazine rings is 3. The molecule has 3 atom stereocenters. The number of anilines is 9. The fourth-order valence-corrected chi connectivity index (χ4v) is 17.9. The van der Waals surface area contributed by atoms with Crippen LogP contribution in [0.25, 0.3) is 0 Å². The number of rotatable bonds is 17. The summed E-state index contributed by atoms with van der Waals surface area (Å²) in [5.41, 5.74) is 20.4. The van der Waals surface area contributed by atoms with E-state index in [2.05, 4.69) is 141 Å². The Labute approximate surface area is 706 Å². The molecule has 22 nitrogen and oxygen atoms in total. The Balaban J connectivity index is 0.000000156. The van der Waals surface area contributed by atoms with Crippen LogP contribution in [0.4, 0.5) is 51.2 Å². The van der Waals surface area contributed by atoms with Gasteiger partial charge in [0, 0.05) is 162 Å². The quantitative estimate of drug-likeness (QED) is 0.0566. The zero-order valence-corrected chi connectivity index (χ0v) is 69.8. The normalized spacial score (nSPS) is 17.7. The summed E-state index contributed by atoms with van der Waals surface area (Å²) in [5, 5.41) is 79.1. The number of hydrogen-bond acceptors (Lipinski definition) is 19. The summed E-state index contributed by atoms with van der Waals surface area (Å²) in [5.74, 6) is 0.00943. The Morgan fingerprint density at radius 1 is 0.325 bits per heavy atom. The van der Waals surface area contributed by atoms with Crippen LogP contribution in [0.15, 0.2) is 188 Å². The van der Waals surface area contributed by atoms with Gasteiger partial charge in [0.15, 0.2) is 0 Å². The van der Waals surface area contributed by atoms with Gasteiger partial charge < -0.3 is 70.3 Å². The highest BCUT2D eigenvalue weighted by Gasteiger charge is 2.36. The van der Waals surface area contributed by atoms with Gasteiger partial charge in [-0.15, -0.1) is 0 Å². The van der Waals surface area contributed by atoms with Gasteiger partial charge >= 0.3 is 0 Å². The van der Waals surface area contributed by atoms with Crippen LogP contribution in [-0.4, -0.2) is 191 Å². The number of carbonyl (C=O) groups is 3. The SMILES string of the molecule is Cc1cc(C)c(C(=O)N2CCN(c3ccccc3C#N)CC2)cc1NC1CCCN(c2ccccc2)CC1.Cc1cc(C)c(C(=O)N2CCN(c3ccccc3C#N)[C@@H](CO)C2)cc1NC1CCN(c2ccccc2C#N)CC1.Cc1cc(C)c(C(=O)N2CCN(c3ccccc3C#N)[C@H](CO)C2)cc1NC1CCN(c2ccccc2C#N)CC1. The van der Waals surface area contributed by atoms with Crippen LogP contribution in [-0.2, 0) is 0 Å². The Morgan fingerprint density at radius 3 is 0.967 bits per heavy atom. The number of aliphatic hydroxyl groups excluding tert-OH is 2. The van der Waals surface area contributed by atoms with Gasteiger partial charge in [0.05, 0.1) is 81.6 Å². The molecule has 9 aromatic rings. The monoisotopic (exact) mass is 1600 g/mol. The van der Waals surface area contributed by atoms with Crippen molar-refractivity contribution in [3.63, 3.8) is 0 Å². The lowest BCUT2D eigenvalue weighted by atomic mass is 9.99. The fourth-order valence-electron chi connectivity index (χ4n) is 17.9.